The number of anilines is 1. The van der Waals surface area contributed by atoms with E-state index in [0.717, 1.165) is 24.0 Å². The Morgan fingerprint density at radius 2 is 1.77 bits per heavy atom. The summed E-state index contributed by atoms with van der Waals surface area (Å²) < 4.78 is 26.8. The van der Waals surface area contributed by atoms with Gasteiger partial charge in [0.15, 0.2) is 0 Å². The number of aromatic nitrogens is 3. The van der Waals surface area contributed by atoms with Crippen molar-refractivity contribution < 1.29 is 8.42 Å². The number of hydrogen-bond donors (Lipinski definition) is 2. The third kappa shape index (κ3) is 4.52. The van der Waals surface area contributed by atoms with Gasteiger partial charge in [0.2, 0.25) is 10.0 Å². The number of aryl methyl sites for hydroxylation is 1. The van der Waals surface area contributed by atoms with E-state index in [1.165, 1.54) is 0 Å². The van der Waals surface area contributed by atoms with E-state index in [-0.39, 0.29) is 5.56 Å². The maximum Gasteiger partial charge on any atom is 0.254 e. The Morgan fingerprint density at radius 3 is 2.39 bits per heavy atom. The molecule has 1 aromatic carbocycles. The summed E-state index contributed by atoms with van der Waals surface area (Å²) in [5, 5.41) is 3.22. The lowest BCUT2D eigenvalue weighted by atomic mass is 10.2. The zero-order valence-electron chi connectivity index (χ0n) is 17.6. The second-order valence-corrected chi connectivity index (χ2v) is 9.60. The molecule has 1 aliphatic heterocycles. The van der Waals surface area contributed by atoms with Crippen LogP contribution in [0.1, 0.15) is 29.7 Å². The van der Waals surface area contributed by atoms with Gasteiger partial charge in [-0.2, -0.15) is 4.31 Å². The molecule has 1 fully saturated rings. The van der Waals surface area contributed by atoms with Gasteiger partial charge in [-0.3, -0.25) is 4.79 Å². The average molecular weight is 440 g/mol. The van der Waals surface area contributed by atoms with Crippen LogP contribution in [0.3, 0.4) is 0 Å². The van der Waals surface area contributed by atoms with Crippen LogP contribution in [0.2, 0.25) is 0 Å². The molecule has 0 spiro atoms. The molecule has 3 aromatic rings. The van der Waals surface area contributed by atoms with E-state index in [9.17, 15) is 13.2 Å². The standard InChI is InChI=1S/C22H25N5O3S/c1-15-16(2)25-21(26-22(15)28)18-7-10-20(24-14-18)23-13-17-5-8-19(9-6-17)31(29,30)27-11-3-4-12-27/h5-10,14H,3-4,11-13H2,1-2H3,(H,23,24)(H,25,26,28). The highest BCUT2D eigenvalue weighted by atomic mass is 32.2. The first-order valence-corrected chi connectivity index (χ1v) is 11.7. The smallest absolute Gasteiger partial charge is 0.254 e. The summed E-state index contributed by atoms with van der Waals surface area (Å²) in [5.74, 6) is 1.16. The minimum Gasteiger partial charge on any atom is -0.366 e. The molecule has 9 heteroatoms. The summed E-state index contributed by atoms with van der Waals surface area (Å²) in [4.78, 5) is 23.8. The van der Waals surface area contributed by atoms with Crippen LogP contribution >= 0.6 is 0 Å². The molecule has 0 saturated carbocycles. The Labute approximate surface area is 181 Å². The summed E-state index contributed by atoms with van der Waals surface area (Å²) in [6, 6.07) is 10.6. The maximum absolute atomic E-state index is 12.6. The van der Waals surface area contributed by atoms with E-state index in [2.05, 4.69) is 20.3 Å². The molecule has 2 N–H and O–H groups in total. The molecule has 1 aliphatic rings. The summed E-state index contributed by atoms with van der Waals surface area (Å²) >= 11 is 0. The van der Waals surface area contributed by atoms with E-state index in [0.29, 0.717) is 47.4 Å². The lowest BCUT2D eigenvalue weighted by Crippen LogP contribution is -2.27. The van der Waals surface area contributed by atoms with E-state index >= 15 is 0 Å². The van der Waals surface area contributed by atoms with Gasteiger partial charge in [-0.05, 0) is 56.5 Å². The predicted molar refractivity (Wildman–Crippen MR) is 119 cm³/mol. The van der Waals surface area contributed by atoms with Gasteiger partial charge in [0, 0.05) is 42.7 Å². The molecule has 8 nitrogen and oxygen atoms in total. The molecule has 0 unspecified atom stereocenters. The monoisotopic (exact) mass is 439 g/mol. The topological polar surface area (TPSA) is 108 Å². The fourth-order valence-corrected chi connectivity index (χ4v) is 4.99. The Kier molecular flexibility index (Phi) is 5.88. The molecule has 0 amide bonds. The second kappa shape index (κ2) is 8.60. The van der Waals surface area contributed by atoms with Crippen LogP contribution in [0.15, 0.2) is 52.3 Å². The molecular weight excluding hydrogens is 414 g/mol. The second-order valence-electron chi connectivity index (χ2n) is 7.67. The van der Waals surface area contributed by atoms with E-state index in [1.807, 2.05) is 24.3 Å². The normalized spacial score (nSPS) is 14.6. The minimum atomic E-state index is -3.39. The van der Waals surface area contributed by atoms with Crippen LogP contribution in [0.25, 0.3) is 11.4 Å². The number of nitrogens with one attached hydrogen (secondary N) is 2. The van der Waals surface area contributed by atoms with E-state index in [4.69, 9.17) is 0 Å². The van der Waals surface area contributed by atoms with Crippen LogP contribution in [0, 0.1) is 13.8 Å². The van der Waals surface area contributed by atoms with Crippen molar-refractivity contribution in [2.45, 2.75) is 38.1 Å². The molecule has 31 heavy (non-hydrogen) atoms. The van der Waals surface area contributed by atoms with Gasteiger partial charge in [0.1, 0.15) is 11.6 Å². The van der Waals surface area contributed by atoms with Crippen molar-refractivity contribution >= 4 is 15.8 Å². The van der Waals surface area contributed by atoms with Crippen LogP contribution in [-0.4, -0.2) is 40.8 Å². The third-order valence-corrected chi connectivity index (χ3v) is 7.44. The van der Waals surface area contributed by atoms with E-state index < -0.39 is 10.0 Å². The first kappa shape index (κ1) is 21.2. The molecule has 3 heterocycles. The van der Waals surface area contributed by atoms with Crippen molar-refractivity contribution in [3.63, 3.8) is 0 Å². The zero-order valence-corrected chi connectivity index (χ0v) is 18.4. The van der Waals surface area contributed by atoms with Crippen LogP contribution in [0.5, 0.6) is 0 Å². The number of sulfonamides is 1. The fourth-order valence-electron chi connectivity index (χ4n) is 3.47. The van der Waals surface area contributed by atoms with Crippen LogP contribution < -0.4 is 10.9 Å². The van der Waals surface area contributed by atoms with Gasteiger partial charge in [0.05, 0.1) is 4.90 Å². The van der Waals surface area contributed by atoms with Crippen molar-refractivity contribution in [3.8, 4) is 11.4 Å². The molecule has 0 aliphatic carbocycles. The summed E-state index contributed by atoms with van der Waals surface area (Å²) in [6.45, 7) is 5.25. The van der Waals surface area contributed by atoms with Crippen LogP contribution in [-0.2, 0) is 16.6 Å². The molecule has 0 radical (unpaired) electrons. The molecule has 1 saturated heterocycles. The Morgan fingerprint density at radius 1 is 1.06 bits per heavy atom. The highest BCUT2D eigenvalue weighted by molar-refractivity contribution is 7.89. The quantitative estimate of drug-likeness (QED) is 0.611. The number of aromatic amines is 1. The Hall–Kier alpha value is -3.04. The third-order valence-electron chi connectivity index (χ3n) is 5.53. The zero-order chi connectivity index (χ0) is 22.0. The number of nitrogens with zero attached hydrogens (tertiary/aromatic N) is 3. The highest BCUT2D eigenvalue weighted by Crippen LogP contribution is 2.21. The fraction of sp³-hybridized carbons (Fsp3) is 0.318. The van der Waals surface area contributed by atoms with Crippen molar-refractivity contribution in [2.75, 3.05) is 18.4 Å². The minimum absolute atomic E-state index is 0.153. The Bertz CT molecular complexity index is 1230. The van der Waals surface area contributed by atoms with Crippen molar-refractivity contribution in [2.24, 2.45) is 0 Å². The first-order chi connectivity index (χ1) is 14.8. The largest absolute Gasteiger partial charge is 0.366 e. The SMILES string of the molecule is Cc1nc(-c2ccc(NCc3ccc(S(=O)(=O)N4CCCC4)cc3)nc2)[nH]c(=O)c1C. The molecule has 0 atom stereocenters. The van der Waals surface area contributed by atoms with Gasteiger partial charge in [-0.25, -0.2) is 18.4 Å². The summed E-state index contributed by atoms with van der Waals surface area (Å²) in [5.41, 5.74) is 2.82. The lowest BCUT2D eigenvalue weighted by Gasteiger charge is -2.15. The number of benzene rings is 1. The van der Waals surface area contributed by atoms with Gasteiger partial charge in [-0.15, -0.1) is 0 Å². The molecule has 2 aromatic heterocycles. The molecular formula is C22H25N5O3S. The van der Waals surface area contributed by atoms with Gasteiger partial charge in [-0.1, -0.05) is 12.1 Å². The molecule has 162 valence electrons. The molecule has 0 bridgehead atoms. The van der Waals surface area contributed by atoms with Crippen LogP contribution in [0.4, 0.5) is 5.82 Å². The number of hydrogen-bond acceptors (Lipinski definition) is 6. The van der Waals surface area contributed by atoms with E-state index in [1.54, 1.807) is 36.5 Å². The van der Waals surface area contributed by atoms with Gasteiger partial charge >= 0.3 is 0 Å². The average Bonchev–Trinajstić information content (AvgIpc) is 3.32. The van der Waals surface area contributed by atoms with Crippen molar-refractivity contribution in [1.82, 2.24) is 19.3 Å². The first-order valence-electron chi connectivity index (χ1n) is 10.2. The predicted octanol–water partition coefficient (Wildman–Crippen LogP) is 2.85. The Balaban J connectivity index is 1.41. The highest BCUT2D eigenvalue weighted by Gasteiger charge is 2.26. The summed E-state index contributed by atoms with van der Waals surface area (Å²) in [7, 11) is -3.39. The van der Waals surface area contributed by atoms with Crippen molar-refractivity contribution in [1.29, 1.82) is 0 Å². The summed E-state index contributed by atoms with van der Waals surface area (Å²) in [6.07, 6.45) is 3.49. The molecule has 4 rings (SSSR count). The van der Waals surface area contributed by atoms with Crippen molar-refractivity contribution in [3.05, 3.63) is 69.8 Å². The number of pyridine rings is 1. The number of rotatable bonds is 6. The maximum atomic E-state index is 12.6. The van der Waals surface area contributed by atoms with Gasteiger partial charge < -0.3 is 10.3 Å². The lowest BCUT2D eigenvalue weighted by molar-refractivity contribution is 0.477. The van der Waals surface area contributed by atoms with Gasteiger partial charge in [0.25, 0.3) is 5.56 Å². The number of H-pyrrole nitrogens is 1.